The molecule has 1 rings (SSSR count). The summed E-state index contributed by atoms with van der Waals surface area (Å²) < 4.78 is 0. The van der Waals surface area contributed by atoms with E-state index in [1.807, 2.05) is 0 Å². The fraction of sp³-hybridized carbons (Fsp3) is 0.200. The Morgan fingerprint density at radius 2 is 1.80 bits per heavy atom. The minimum absolute atomic E-state index is 0.00787. The van der Waals surface area contributed by atoms with Crippen LogP contribution in [0.3, 0.4) is 0 Å². The normalized spacial score (nSPS) is 9.93. The highest BCUT2D eigenvalue weighted by molar-refractivity contribution is 6.30. The first kappa shape index (κ1) is 11.7. The lowest BCUT2D eigenvalue weighted by Gasteiger charge is -2.01. The maximum absolute atomic E-state index is 11.4. The van der Waals surface area contributed by atoms with Crippen molar-refractivity contribution in [1.82, 2.24) is 5.32 Å². The Labute approximate surface area is 91.9 Å². The van der Waals surface area contributed by atoms with Crippen LogP contribution in [0.1, 0.15) is 10.4 Å². The first-order valence-electron chi connectivity index (χ1n) is 4.31. The minimum Gasteiger partial charge on any atom is -0.480 e. The van der Waals surface area contributed by atoms with E-state index < -0.39 is 5.97 Å². The molecule has 0 aliphatic carbocycles. The van der Waals surface area contributed by atoms with Gasteiger partial charge in [0.25, 0.3) is 0 Å². The predicted molar refractivity (Wildman–Crippen MR) is 56.3 cm³/mol. The Balaban J connectivity index is 2.47. The molecule has 0 spiro atoms. The maximum atomic E-state index is 11.4. The van der Waals surface area contributed by atoms with Gasteiger partial charge in [-0.15, -0.1) is 0 Å². The van der Waals surface area contributed by atoms with E-state index in [9.17, 15) is 9.59 Å². The van der Waals surface area contributed by atoms with Crippen LogP contribution in [0.4, 0.5) is 0 Å². The summed E-state index contributed by atoms with van der Waals surface area (Å²) in [7, 11) is 0. The van der Waals surface area contributed by atoms with Gasteiger partial charge in [0.05, 0.1) is 13.1 Å². The topological polar surface area (TPSA) is 66.4 Å². The zero-order chi connectivity index (χ0) is 11.3. The van der Waals surface area contributed by atoms with E-state index in [0.29, 0.717) is 10.6 Å². The van der Waals surface area contributed by atoms with Crippen molar-refractivity contribution < 1.29 is 14.7 Å². The van der Waals surface area contributed by atoms with Gasteiger partial charge in [-0.05, 0) is 24.3 Å². The molecule has 2 N–H and O–H groups in total. The summed E-state index contributed by atoms with van der Waals surface area (Å²) in [5.74, 6) is -1.15. The van der Waals surface area contributed by atoms with Crippen molar-refractivity contribution in [1.29, 1.82) is 0 Å². The number of carboxylic acids is 1. The van der Waals surface area contributed by atoms with Crippen LogP contribution in [-0.4, -0.2) is 29.9 Å². The van der Waals surface area contributed by atoms with E-state index in [1.54, 1.807) is 24.3 Å². The number of carbonyl (C=O) groups is 2. The third-order valence-corrected chi connectivity index (χ3v) is 1.98. The van der Waals surface area contributed by atoms with Gasteiger partial charge < -0.3 is 5.11 Å². The lowest BCUT2D eigenvalue weighted by atomic mass is 10.1. The molecule has 4 nitrogen and oxygen atoms in total. The van der Waals surface area contributed by atoms with Crippen LogP contribution in [0.25, 0.3) is 0 Å². The fourth-order valence-electron chi connectivity index (χ4n) is 1.02. The fourth-order valence-corrected chi connectivity index (χ4v) is 1.15. The Kier molecular flexibility index (Phi) is 4.27. The van der Waals surface area contributed by atoms with E-state index >= 15 is 0 Å². The molecule has 1 aromatic carbocycles. The van der Waals surface area contributed by atoms with Gasteiger partial charge in [-0.2, -0.15) is 0 Å². The molecule has 0 aliphatic rings. The van der Waals surface area contributed by atoms with Gasteiger partial charge in [0.1, 0.15) is 0 Å². The zero-order valence-electron chi connectivity index (χ0n) is 7.87. The number of aliphatic carboxylic acids is 1. The summed E-state index contributed by atoms with van der Waals surface area (Å²) in [6.07, 6.45) is 0. The molecule has 80 valence electrons. The summed E-state index contributed by atoms with van der Waals surface area (Å²) >= 11 is 5.66. The SMILES string of the molecule is O=C(O)CNCC(=O)c1ccc(Cl)cc1. The third-order valence-electron chi connectivity index (χ3n) is 1.73. The molecule has 0 aliphatic heterocycles. The second-order valence-corrected chi connectivity index (χ2v) is 3.36. The zero-order valence-corrected chi connectivity index (χ0v) is 8.62. The predicted octanol–water partition coefficient (Wildman–Crippen LogP) is 1.20. The Hall–Kier alpha value is -1.39. The van der Waals surface area contributed by atoms with Crippen molar-refractivity contribution in [2.75, 3.05) is 13.1 Å². The smallest absolute Gasteiger partial charge is 0.317 e. The maximum Gasteiger partial charge on any atom is 0.317 e. The van der Waals surface area contributed by atoms with Crippen LogP contribution in [0.5, 0.6) is 0 Å². The van der Waals surface area contributed by atoms with Gasteiger partial charge in [-0.3, -0.25) is 14.9 Å². The van der Waals surface area contributed by atoms with Crippen LogP contribution in [-0.2, 0) is 4.79 Å². The number of rotatable bonds is 5. The van der Waals surface area contributed by atoms with Crippen molar-refractivity contribution in [2.24, 2.45) is 0 Å². The molecule has 0 saturated carbocycles. The van der Waals surface area contributed by atoms with Crippen molar-refractivity contribution in [3.8, 4) is 0 Å². The van der Waals surface area contributed by atoms with E-state index in [2.05, 4.69) is 5.32 Å². The summed E-state index contributed by atoms with van der Waals surface area (Å²) in [6, 6.07) is 6.44. The highest BCUT2D eigenvalue weighted by Gasteiger charge is 2.05. The van der Waals surface area contributed by atoms with Crippen LogP contribution >= 0.6 is 11.6 Å². The average molecular weight is 228 g/mol. The number of halogens is 1. The molecule has 1 aromatic rings. The molecule has 0 amide bonds. The van der Waals surface area contributed by atoms with E-state index in [0.717, 1.165) is 0 Å². The monoisotopic (exact) mass is 227 g/mol. The van der Waals surface area contributed by atoms with Gasteiger partial charge in [-0.1, -0.05) is 11.6 Å². The number of nitrogens with one attached hydrogen (secondary N) is 1. The van der Waals surface area contributed by atoms with Crippen molar-refractivity contribution in [3.05, 3.63) is 34.9 Å². The van der Waals surface area contributed by atoms with Gasteiger partial charge in [0.15, 0.2) is 5.78 Å². The van der Waals surface area contributed by atoms with Crippen LogP contribution in [0.2, 0.25) is 5.02 Å². The van der Waals surface area contributed by atoms with Crippen LogP contribution in [0, 0.1) is 0 Å². The van der Waals surface area contributed by atoms with Crippen LogP contribution in [0.15, 0.2) is 24.3 Å². The third kappa shape index (κ3) is 4.10. The van der Waals surface area contributed by atoms with E-state index in [-0.39, 0.29) is 18.9 Å². The quantitative estimate of drug-likeness (QED) is 0.742. The number of carboxylic acid groups (broad SMARTS) is 1. The van der Waals surface area contributed by atoms with E-state index in [4.69, 9.17) is 16.7 Å². The molecule has 0 atom stereocenters. The Bertz CT molecular complexity index is 361. The minimum atomic E-state index is -0.987. The highest BCUT2D eigenvalue weighted by Crippen LogP contribution is 2.09. The summed E-state index contributed by atoms with van der Waals surface area (Å²) in [6.45, 7) is -0.215. The molecule has 15 heavy (non-hydrogen) atoms. The molecule has 0 radical (unpaired) electrons. The molecule has 0 unspecified atom stereocenters. The summed E-state index contributed by atoms with van der Waals surface area (Å²) in [5.41, 5.74) is 0.511. The Morgan fingerprint density at radius 1 is 1.20 bits per heavy atom. The molecule has 0 saturated heterocycles. The average Bonchev–Trinajstić information content (AvgIpc) is 2.18. The molecule has 0 heterocycles. The van der Waals surface area contributed by atoms with Crippen molar-refractivity contribution in [3.63, 3.8) is 0 Å². The number of benzene rings is 1. The standard InChI is InChI=1S/C10H10ClNO3/c11-8-3-1-7(2-4-8)9(13)5-12-6-10(14)15/h1-4,12H,5-6H2,(H,14,15). The summed E-state index contributed by atoms with van der Waals surface area (Å²) in [4.78, 5) is 21.6. The highest BCUT2D eigenvalue weighted by atomic mass is 35.5. The second-order valence-electron chi connectivity index (χ2n) is 2.93. The van der Waals surface area contributed by atoms with Gasteiger partial charge in [0.2, 0.25) is 0 Å². The molecule has 5 heteroatoms. The number of carbonyl (C=O) groups excluding carboxylic acids is 1. The lowest BCUT2D eigenvalue weighted by Crippen LogP contribution is -2.28. The molecule has 0 bridgehead atoms. The largest absolute Gasteiger partial charge is 0.480 e. The molecular formula is C10H10ClNO3. The number of hydrogen-bond acceptors (Lipinski definition) is 3. The first-order chi connectivity index (χ1) is 7.09. The van der Waals surface area contributed by atoms with Gasteiger partial charge >= 0.3 is 5.97 Å². The summed E-state index contributed by atoms with van der Waals surface area (Å²) in [5, 5.41) is 11.4. The van der Waals surface area contributed by atoms with Crippen molar-refractivity contribution >= 4 is 23.4 Å². The number of Topliss-reactive ketones (excluding diaryl/α,β-unsaturated/α-hetero) is 1. The molecule has 0 fully saturated rings. The Morgan fingerprint density at radius 3 is 2.33 bits per heavy atom. The first-order valence-corrected chi connectivity index (χ1v) is 4.68. The van der Waals surface area contributed by atoms with Gasteiger partial charge in [0, 0.05) is 10.6 Å². The van der Waals surface area contributed by atoms with Crippen LogP contribution < -0.4 is 5.32 Å². The lowest BCUT2D eigenvalue weighted by molar-refractivity contribution is -0.135. The number of hydrogen-bond donors (Lipinski definition) is 2. The van der Waals surface area contributed by atoms with Gasteiger partial charge in [-0.25, -0.2) is 0 Å². The van der Waals surface area contributed by atoms with E-state index in [1.165, 1.54) is 0 Å². The van der Waals surface area contributed by atoms with Crippen molar-refractivity contribution in [2.45, 2.75) is 0 Å². The molecule has 0 aromatic heterocycles. The molecular weight excluding hydrogens is 218 g/mol. The number of ketones is 1. The second kappa shape index (κ2) is 5.48.